The van der Waals surface area contributed by atoms with Crippen LogP contribution in [0.5, 0.6) is 0 Å². The molecule has 0 fully saturated rings. The van der Waals surface area contributed by atoms with Crippen LogP contribution in [0.25, 0.3) is 5.69 Å². The van der Waals surface area contributed by atoms with Crippen molar-refractivity contribution < 1.29 is 23.1 Å². The minimum absolute atomic E-state index is 0.00589. The molecule has 1 aromatic heterocycles. The van der Waals surface area contributed by atoms with Gasteiger partial charge in [-0.15, -0.1) is 0 Å². The summed E-state index contributed by atoms with van der Waals surface area (Å²) in [5.41, 5.74) is -1.57. The van der Waals surface area contributed by atoms with Crippen molar-refractivity contribution in [3.8, 4) is 5.69 Å². The van der Waals surface area contributed by atoms with Crippen molar-refractivity contribution in [1.29, 1.82) is 0 Å². The Balaban J connectivity index is 2.62. The van der Waals surface area contributed by atoms with Gasteiger partial charge in [-0.2, -0.15) is 13.2 Å². The minimum Gasteiger partial charge on any atom is -0.481 e. The van der Waals surface area contributed by atoms with Crippen molar-refractivity contribution in [2.24, 2.45) is 0 Å². The molecule has 0 amide bonds. The zero-order valence-electron chi connectivity index (χ0n) is 11.4. The summed E-state index contributed by atoms with van der Waals surface area (Å²) >= 11 is 0. The predicted octanol–water partition coefficient (Wildman–Crippen LogP) is 2.19. The van der Waals surface area contributed by atoms with Gasteiger partial charge in [0, 0.05) is 17.6 Å². The Morgan fingerprint density at radius 3 is 2.64 bits per heavy atom. The molecule has 0 radical (unpaired) electrons. The molecule has 5 nitrogen and oxygen atoms in total. The van der Waals surface area contributed by atoms with Crippen molar-refractivity contribution in [1.82, 2.24) is 9.55 Å². The van der Waals surface area contributed by atoms with Crippen LogP contribution in [-0.2, 0) is 17.4 Å². The highest BCUT2D eigenvalue weighted by atomic mass is 19.4. The second-order valence-corrected chi connectivity index (χ2v) is 4.61. The number of hydrogen-bond donors (Lipinski definition) is 1. The molecular weight excluding hydrogens is 301 g/mol. The van der Waals surface area contributed by atoms with Crippen LogP contribution in [0.2, 0.25) is 0 Å². The first kappa shape index (κ1) is 15.7. The maximum absolute atomic E-state index is 12.8. The molecule has 22 heavy (non-hydrogen) atoms. The molecule has 0 spiro atoms. The van der Waals surface area contributed by atoms with Gasteiger partial charge in [-0.05, 0) is 25.1 Å². The Hall–Kier alpha value is -2.64. The van der Waals surface area contributed by atoms with E-state index in [9.17, 15) is 22.8 Å². The van der Waals surface area contributed by atoms with Crippen molar-refractivity contribution in [2.75, 3.05) is 0 Å². The van der Waals surface area contributed by atoms with Crippen LogP contribution >= 0.6 is 0 Å². The van der Waals surface area contributed by atoms with Gasteiger partial charge in [0.05, 0.1) is 12.0 Å². The summed E-state index contributed by atoms with van der Waals surface area (Å²) in [7, 11) is 0. The van der Waals surface area contributed by atoms with Gasteiger partial charge in [0.15, 0.2) is 0 Å². The number of carbonyl (C=O) groups is 1. The van der Waals surface area contributed by atoms with Crippen molar-refractivity contribution >= 4 is 5.97 Å². The normalized spacial score (nSPS) is 11.5. The maximum atomic E-state index is 12.8. The number of hydrogen-bond acceptors (Lipinski definition) is 3. The summed E-state index contributed by atoms with van der Waals surface area (Å²) < 4.78 is 39.3. The molecule has 0 aliphatic carbocycles. The van der Waals surface area contributed by atoms with Crippen LogP contribution in [-0.4, -0.2) is 20.6 Å². The quantitative estimate of drug-likeness (QED) is 0.943. The Kier molecular flexibility index (Phi) is 4.03. The summed E-state index contributed by atoms with van der Waals surface area (Å²) in [5, 5.41) is 8.74. The fourth-order valence-corrected chi connectivity index (χ4v) is 1.98. The lowest BCUT2D eigenvalue weighted by molar-refractivity contribution is -0.138. The average Bonchev–Trinajstić information content (AvgIpc) is 2.41. The zero-order chi connectivity index (χ0) is 16.5. The highest BCUT2D eigenvalue weighted by Crippen LogP contribution is 2.30. The molecule has 0 saturated carbocycles. The van der Waals surface area contributed by atoms with Gasteiger partial charge < -0.3 is 5.11 Å². The molecule has 0 aliphatic heterocycles. The molecule has 1 N–H and O–H groups in total. The molecular formula is C14H11F3N2O3. The molecule has 2 aromatic rings. The number of carboxylic acid groups (broad SMARTS) is 1. The van der Waals surface area contributed by atoms with Gasteiger partial charge in [0.1, 0.15) is 5.69 Å². The topological polar surface area (TPSA) is 72.2 Å². The lowest BCUT2D eigenvalue weighted by Gasteiger charge is -2.13. The average molecular weight is 312 g/mol. The molecule has 116 valence electrons. The SMILES string of the molecule is Cc1cnc(CC(=O)O)c(=O)n1-c1cccc(C(F)(F)F)c1. The molecule has 2 rings (SSSR count). The molecule has 0 atom stereocenters. The van der Waals surface area contributed by atoms with E-state index in [0.717, 1.165) is 16.7 Å². The van der Waals surface area contributed by atoms with Crippen LogP contribution in [0, 0.1) is 6.92 Å². The number of carboxylic acids is 1. The number of alkyl halides is 3. The lowest BCUT2D eigenvalue weighted by atomic mass is 10.2. The number of nitrogens with zero attached hydrogens (tertiary/aromatic N) is 2. The summed E-state index contributed by atoms with van der Waals surface area (Å²) in [6, 6.07) is 4.25. The second-order valence-electron chi connectivity index (χ2n) is 4.61. The maximum Gasteiger partial charge on any atom is 0.416 e. The molecule has 1 heterocycles. The van der Waals surface area contributed by atoms with Gasteiger partial charge >= 0.3 is 12.1 Å². The lowest BCUT2D eigenvalue weighted by Crippen LogP contribution is -2.27. The number of benzene rings is 1. The smallest absolute Gasteiger partial charge is 0.416 e. The van der Waals surface area contributed by atoms with E-state index in [1.54, 1.807) is 0 Å². The highest BCUT2D eigenvalue weighted by Gasteiger charge is 2.30. The van der Waals surface area contributed by atoms with Crippen LogP contribution in [0.4, 0.5) is 13.2 Å². The number of aryl methyl sites for hydroxylation is 1. The van der Waals surface area contributed by atoms with Crippen molar-refractivity contribution in [3.63, 3.8) is 0 Å². The third kappa shape index (κ3) is 3.16. The van der Waals surface area contributed by atoms with Crippen LogP contribution in [0.15, 0.2) is 35.3 Å². The van der Waals surface area contributed by atoms with Gasteiger partial charge in [-0.1, -0.05) is 6.07 Å². The first-order valence-corrected chi connectivity index (χ1v) is 6.17. The first-order valence-electron chi connectivity index (χ1n) is 6.17. The molecule has 0 bridgehead atoms. The molecule has 0 saturated heterocycles. The second kappa shape index (κ2) is 5.63. The Labute approximate surface area is 122 Å². The zero-order valence-corrected chi connectivity index (χ0v) is 11.4. The molecule has 8 heteroatoms. The monoisotopic (exact) mass is 312 g/mol. The van der Waals surface area contributed by atoms with E-state index in [0.29, 0.717) is 5.69 Å². The van der Waals surface area contributed by atoms with Crippen LogP contribution in [0.3, 0.4) is 0 Å². The molecule has 0 aliphatic rings. The van der Waals surface area contributed by atoms with Gasteiger partial charge in [-0.3, -0.25) is 19.1 Å². The standard InChI is InChI=1S/C14H11F3N2O3/c1-8-7-18-11(6-12(20)21)13(22)19(8)10-4-2-3-9(5-10)14(15,16)17/h2-5,7H,6H2,1H3,(H,20,21). The summed E-state index contributed by atoms with van der Waals surface area (Å²) in [6.07, 6.45) is -3.89. The summed E-state index contributed by atoms with van der Waals surface area (Å²) in [6.45, 7) is 1.50. The predicted molar refractivity (Wildman–Crippen MR) is 70.9 cm³/mol. The van der Waals surface area contributed by atoms with Crippen LogP contribution in [0.1, 0.15) is 17.0 Å². The van der Waals surface area contributed by atoms with Crippen molar-refractivity contribution in [2.45, 2.75) is 19.5 Å². The van der Waals surface area contributed by atoms with Crippen molar-refractivity contribution in [3.05, 3.63) is 57.8 Å². The first-order chi connectivity index (χ1) is 10.2. The fraction of sp³-hybridized carbons (Fsp3) is 0.214. The summed E-state index contributed by atoms with van der Waals surface area (Å²) in [5.74, 6) is -1.25. The number of aromatic nitrogens is 2. The van der Waals surface area contributed by atoms with Gasteiger partial charge in [0.25, 0.3) is 5.56 Å². The van der Waals surface area contributed by atoms with E-state index in [1.165, 1.54) is 25.3 Å². The molecule has 1 aromatic carbocycles. The van der Waals surface area contributed by atoms with Crippen LogP contribution < -0.4 is 5.56 Å². The Morgan fingerprint density at radius 1 is 1.36 bits per heavy atom. The van der Waals surface area contributed by atoms with E-state index < -0.39 is 29.7 Å². The van der Waals surface area contributed by atoms with Gasteiger partial charge in [-0.25, -0.2) is 0 Å². The van der Waals surface area contributed by atoms with E-state index in [-0.39, 0.29) is 11.4 Å². The van der Waals surface area contributed by atoms with Gasteiger partial charge in [0.2, 0.25) is 0 Å². The highest BCUT2D eigenvalue weighted by molar-refractivity contribution is 5.69. The number of halogens is 3. The molecule has 0 unspecified atom stereocenters. The van der Waals surface area contributed by atoms with E-state index in [4.69, 9.17) is 5.11 Å². The third-order valence-corrected chi connectivity index (χ3v) is 2.96. The minimum atomic E-state index is -4.54. The Morgan fingerprint density at radius 2 is 2.05 bits per heavy atom. The van der Waals surface area contributed by atoms with E-state index >= 15 is 0 Å². The van der Waals surface area contributed by atoms with E-state index in [2.05, 4.69) is 4.98 Å². The van der Waals surface area contributed by atoms with E-state index in [1.807, 2.05) is 0 Å². The number of aliphatic carboxylic acids is 1. The Bertz CT molecular complexity index is 782. The number of rotatable bonds is 3. The third-order valence-electron chi connectivity index (χ3n) is 2.96. The largest absolute Gasteiger partial charge is 0.481 e. The fourth-order valence-electron chi connectivity index (χ4n) is 1.98. The summed E-state index contributed by atoms with van der Waals surface area (Å²) in [4.78, 5) is 26.7.